The standard InChI is InChI=1S/C16H21NO3/c18-15(10-4-8-13-6-2-1-3-7-13)17-11-5-9-14(12-17)16(19)20/h1-3,6-7,14H,4-5,8-12H2,(H,19,20). The van der Waals surface area contributed by atoms with Crippen LogP contribution in [0, 0.1) is 5.92 Å². The number of hydrogen-bond donors (Lipinski definition) is 1. The number of benzene rings is 1. The average Bonchev–Trinajstić information content (AvgIpc) is 2.48. The maximum atomic E-state index is 12.1. The fraction of sp³-hybridized carbons (Fsp3) is 0.500. The normalized spacial score (nSPS) is 18.8. The van der Waals surface area contributed by atoms with Crippen LogP contribution in [0.15, 0.2) is 30.3 Å². The number of likely N-dealkylation sites (tertiary alicyclic amines) is 1. The van der Waals surface area contributed by atoms with Gasteiger partial charge in [-0.1, -0.05) is 30.3 Å². The molecule has 0 aromatic heterocycles. The SMILES string of the molecule is O=C(O)C1CCCN(C(=O)CCCc2ccccc2)C1. The molecule has 1 N–H and O–H groups in total. The van der Waals surface area contributed by atoms with Crippen LogP contribution in [0.2, 0.25) is 0 Å². The van der Waals surface area contributed by atoms with E-state index in [0.717, 1.165) is 19.3 Å². The Morgan fingerprint density at radius 1 is 1.25 bits per heavy atom. The number of hydrogen-bond acceptors (Lipinski definition) is 2. The summed E-state index contributed by atoms with van der Waals surface area (Å²) >= 11 is 0. The summed E-state index contributed by atoms with van der Waals surface area (Å²) in [5, 5.41) is 9.02. The minimum atomic E-state index is -0.785. The Balaban J connectivity index is 1.75. The summed E-state index contributed by atoms with van der Waals surface area (Å²) < 4.78 is 0. The second-order valence-corrected chi connectivity index (χ2v) is 5.36. The van der Waals surface area contributed by atoms with Crippen LogP contribution in [0.5, 0.6) is 0 Å². The molecule has 1 amide bonds. The smallest absolute Gasteiger partial charge is 0.308 e. The first-order valence-electron chi connectivity index (χ1n) is 7.21. The van der Waals surface area contributed by atoms with E-state index in [1.165, 1.54) is 5.56 Å². The van der Waals surface area contributed by atoms with Gasteiger partial charge in [-0.2, -0.15) is 0 Å². The molecule has 0 spiro atoms. The van der Waals surface area contributed by atoms with E-state index in [1.54, 1.807) is 4.90 Å². The molecule has 1 atom stereocenters. The van der Waals surface area contributed by atoms with Gasteiger partial charge in [0.2, 0.25) is 5.91 Å². The van der Waals surface area contributed by atoms with Gasteiger partial charge < -0.3 is 10.0 Å². The van der Waals surface area contributed by atoms with Crippen LogP contribution in [0.3, 0.4) is 0 Å². The third-order valence-corrected chi connectivity index (χ3v) is 3.82. The lowest BCUT2D eigenvalue weighted by Crippen LogP contribution is -2.42. The monoisotopic (exact) mass is 275 g/mol. The summed E-state index contributed by atoms with van der Waals surface area (Å²) in [6.07, 6.45) is 3.69. The zero-order valence-corrected chi connectivity index (χ0v) is 11.6. The highest BCUT2D eigenvalue weighted by Gasteiger charge is 2.27. The molecule has 1 heterocycles. The number of carboxylic acid groups (broad SMARTS) is 1. The third kappa shape index (κ3) is 4.08. The van der Waals surface area contributed by atoms with Gasteiger partial charge in [-0.25, -0.2) is 0 Å². The molecule has 1 fully saturated rings. The van der Waals surface area contributed by atoms with E-state index in [0.29, 0.717) is 25.9 Å². The van der Waals surface area contributed by atoms with Gasteiger partial charge in [0.05, 0.1) is 5.92 Å². The van der Waals surface area contributed by atoms with E-state index in [1.807, 2.05) is 18.2 Å². The molecular formula is C16H21NO3. The molecule has 20 heavy (non-hydrogen) atoms. The maximum absolute atomic E-state index is 12.1. The Labute approximate surface area is 119 Å². The summed E-state index contributed by atoms with van der Waals surface area (Å²) in [7, 11) is 0. The van der Waals surface area contributed by atoms with Crippen LogP contribution >= 0.6 is 0 Å². The summed E-state index contributed by atoms with van der Waals surface area (Å²) in [6.45, 7) is 1.08. The van der Waals surface area contributed by atoms with Crippen molar-refractivity contribution in [3.8, 4) is 0 Å². The van der Waals surface area contributed by atoms with Crippen LogP contribution in [0.4, 0.5) is 0 Å². The van der Waals surface area contributed by atoms with Gasteiger partial charge in [0.15, 0.2) is 0 Å². The summed E-state index contributed by atoms with van der Waals surface area (Å²) in [4.78, 5) is 24.8. The van der Waals surface area contributed by atoms with E-state index in [9.17, 15) is 9.59 Å². The number of nitrogens with zero attached hydrogens (tertiary/aromatic N) is 1. The quantitative estimate of drug-likeness (QED) is 0.897. The highest BCUT2D eigenvalue weighted by atomic mass is 16.4. The summed E-state index contributed by atoms with van der Waals surface area (Å²) in [6, 6.07) is 10.1. The van der Waals surface area contributed by atoms with Crippen LogP contribution in [0.1, 0.15) is 31.2 Å². The zero-order chi connectivity index (χ0) is 14.4. The van der Waals surface area contributed by atoms with Crippen molar-refractivity contribution in [2.75, 3.05) is 13.1 Å². The minimum absolute atomic E-state index is 0.0897. The second-order valence-electron chi connectivity index (χ2n) is 5.36. The Bertz CT molecular complexity index is 458. The second kappa shape index (κ2) is 7.08. The molecule has 1 aromatic carbocycles. The third-order valence-electron chi connectivity index (χ3n) is 3.82. The van der Waals surface area contributed by atoms with Crippen molar-refractivity contribution in [1.29, 1.82) is 0 Å². The minimum Gasteiger partial charge on any atom is -0.481 e. The van der Waals surface area contributed by atoms with E-state index < -0.39 is 5.97 Å². The Kier molecular flexibility index (Phi) is 5.16. The number of carbonyl (C=O) groups is 2. The van der Waals surface area contributed by atoms with E-state index in [-0.39, 0.29) is 11.8 Å². The average molecular weight is 275 g/mol. The molecule has 0 aliphatic carbocycles. The van der Waals surface area contributed by atoms with Gasteiger partial charge in [0.25, 0.3) is 0 Å². The molecule has 4 nitrogen and oxygen atoms in total. The molecule has 1 unspecified atom stereocenters. The van der Waals surface area contributed by atoms with Gasteiger partial charge in [0, 0.05) is 19.5 Å². The van der Waals surface area contributed by atoms with Crippen molar-refractivity contribution in [2.45, 2.75) is 32.1 Å². The lowest BCUT2D eigenvalue weighted by atomic mass is 9.98. The number of aliphatic carboxylic acids is 1. The number of aryl methyl sites for hydroxylation is 1. The first kappa shape index (κ1) is 14.6. The van der Waals surface area contributed by atoms with Crippen LogP contribution < -0.4 is 0 Å². The lowest BCUT2D eigenvalue weighted by molar-refractivity contribution is -0.145. The molecule has 1 aliphatic heterocycles. The number of carboxylic acids is 1. The molecule has 2 rings (SSSR count). The van der Waals surface area contributed by atoms with Gasteiger partial charge in [-0.15, -0.1) is 0 Å². The topological polar surface area (TPSA) is 57.6 Å². The Hall–Kier alpha value is -1.84. The van der Waals surface area contributed by atoms with Crippen molar-refractivity contribution < 1.29 is 14.7 Å². The molecule has 4 heteroatoms. The van der Waals surface area contributed by atoms with Crippen molar-refractivity contribution >= 4 is 11.9 Å². The maximum Gasteiger partial charge on any atom is 0.308 e. The van der Waals surface area contributed by atoms with Gasteiger partial charge in [-0.05, 0) is 31.2 Å². The van der Waals surface area contributed by atoms with Crippen molar-refractivity contribution in [1.82, 2.24) is 4.90 Å². The zero-order valence-electron chi connectivity index (χ0n) is 11.6. The summed E-state index contributed by atoms with van der Waals surface area (Å²) in [5.41, 5.74) is 1.24. The number of rotatable bonds is 5. The molecule has 0 saturated carbocycles. The molecule has 0 radical (unpaired) electrons. The number of amides is 1. The van der Waals surface area contributed by atoms with Crippen LogP contribution in [0.25, 0.3) is 0 Å². The molecular weight excluding hydrogens is 254 g/mol. The Morgan fingerprint density at radius 3 is 2.70 bits per heavy atom. The fourth-order valence-corrected chi connectivity index (χ4v) is 2.65. The van der Waals surface area contributed by atoms with Gasteiger partial charge in [-0.3, -0.25) is 9.59 Å². The first-order chi connectivity index (χ1) is 9.66. The predicted octanol–water partition coefficient (Wildman–Crippen LogP) is 2.33. The van der Waals surface area contributed by atoms with E-state index in [4.69, 9.17) is 5.11 Å². The molecule has 0 bridgehead atoms. The predicted molar refractivity (Wildman–Crippen MR) is 76.3 cm³/mol. The van der Waals surface area contributed by atoms with Gasteiger partial charge in [0.1, 0.15) is 0 Å². The van der Waals surface area contributed by atoms with Crippen LogP contribution in [-0.2, 0) is 16.0 Å². The molecule has 1 aromatic rings. The number of piperidine rings is 1. The van der Waals surface area contributed by atoms with E-state index >= 15 is 0 Å². The fourth-order valence-electron chi connectivity index (χ4n) is 2.65. The van der Waals surface area contributed by atoms with Crippen molar-refractivity contribution in [3.63, 3.8) is 0 Å². The Morgan fingerprint density at radius 2 is 2.00 bits per heavy atom. The highest BCUT2D eigenvalue weighted by Crippen LogP contribution is 2.18. The largest absolute Gasteiger partial charge is 0.481 e. The van der Waals surface area contributed by atoms with Crippen LogP contribution in [-0.4, -0.2) is 35.0 Å². The molecule has 1 saturated heterocycles. The lowest BCUT2D eigenvalue weighted by Gasteiger charge is -2.30. The van der Waals surface area contributed by atoms with Crippen molar-refractivity contribution in [3.05, 3.63) is 35.9 Å². The highest BCUT2D eigenvalue weighted by molar-refractivity contribution is 5.78. The summed E-state index contributed by atoms with van der Waals surface area (Å²) in [5.74, 6) is -1.08. The molecule has 108 valence electrons. The molecule has 1 aliphatic rings. The first-order valence-corrected chi connectivity index (χ1v) is 7.21. The van der Waals surface area contributed by atoms with Gasteiger partial charge >= 0.3 is 5.97 Å². The van der Waals surface area contributed by atoms with Crippen molar-refractivity contribution in [2.24, 2.45) is 5.92 Å². The van der Waals surface area contributed by atoms with E-state index in [2.05, 4.69) is 12.1 Å². The number of carbonyl (C=O) groups excluding carboxylic acids is 1.